The van der Waals surface area contributed by atoms with E-state index < -0.39 is 24.3 Å². The number of carbonyl (C=O) groups excluding carboxylic acids is 3. The monoisotopic (exact) mass is 412 g/mol. The molecule has 3 aromatic rings. The molecule has 0 atom stereocenters. The lowest BCUT2D eigenvalue weighted by Crippen LogP contribution is -2.35. The summed E-state index contributed by atoms with van der Waals surface area (Å²) in [5, 5.41) is 5.02. The molecule has 0 fully saturated rings. The highest BCUT2D eigenvalue weighted by atomic mass is 32.1. The number of carbonyl (C=O) groups is 3. The Labute approximate surface area is 168 Å². The van der Waals surface area contributed by atoms with Crippen molar-refractivity contribution in [2.45, 2.75) is 26.4 Å². The first-order valence-electron chi connectivity index (χ1n) is 8.97. The summed E-state index contributed by atoms with van der Waals surface area (Å²) in [6, 6.07) is 7.62. The lowest BCUT2D eigenvalue weighted by molar-refractivity contribution is -0.145. The maximum atomic E-state index is 12.3. The lowest BCUT2D eigenvalue weighted by Gasteiger charge is -2.12. The average molecular weight is 412 g/mol. The van der Waals surface area contributed by atoms with Crippen LogP contribution in [0.15, 0.2) is 35.1 Å². The van der Waals surface area contributed by atoms with Gasteiger partial charge in [0, 0.05) is 12.5 Å². The third kappa shape index (κ3) is 3.54. The predicted molar refractivity (Wildman–Crippen MR) is 103 cm³/mol. The van der Waals surface area contributed by atoms with Crippen molar-refractivity contribution in [2.24, 2.45) is 0 Å². The van der Waals surface area contributed by atoms with Crippen molar-refractivity contribution in [3.63, 3.8) is 0 Å². The molecule has 0 aliphatic carbocycles. The molecule has 4 rings (SSSR count). The van der Waals surface area contributed by atoms with Crippen LogP contribution < -0.4 is 5.56 Å². The Morgan fingerprint density at radius 2 is 1.83 bits per heavy atom. The van der Waals surface area contributed by atoms with E-state index in [1.807, 2.05) is 6.92 Å². The van der Waals surface area contributed by atoms with Gasteiger partial charge < -0.3 is 4.74 Å². The maximum absolute atomic E-state index is 12.3. The van der Waals surface area contributed by atoms with E-state index in [2.05, 4.69) is 10.1 Å². The third-order valence-electron chi connectivity index (χ3n) is 4.35. The third-order valence-corrected chi connectivity index (χ3v) is 5.32. The normalized spacial score (nSPS) is 13.2. The second-order valence-electron chi connectivity index (χ2n) is 6.43. The topological polar surface area (TPSA) is 111 Å². The highest BCUT2D eigenvalue weighted by Crippen LogP contribution is 2.22. The largest absolute Gasteiger partial charge is 0.458 e. The minimum Gasteiger partial charge on any atom is -0.458 e. The molecule has 0 radical (unpaired) electrons. The highest BCUT2D eigenvalue weighted by Gasteiger charge is 2.36. The molecule has 148 valence electrons. The van der Waals surface area contributed by atoms with Gasteiger partial charge in [-0.15, -0.1) is 0 Å². The van der Waals surface area contributed by atoms with E-state index in [0.717, 1.165) is 22.7 Å². The number of hydrogen-bond acceptors (Lipinski definition) is 8. The molecule has 0 unspecified atom stereocenters. The fraction of sp³-hybridized carbons (Fsp3) is 0.263. The zero-order chi connectivity index (χ0) is 20.5. The minimum atomic E-state index is -0.766. The molecule has 0 saturated carbocycles. The molecule has 1 aromatic carbocycles. The maximum Gasteiger partial charge on any atom is 0.326 e. The number of rotatable bonds is 6. The molecule has 9 nitrogen and oxygen atoms in total. The van der Waals surface area contributed by atoms with Crippen LogP contribution in [0.5, 0.6) is 0 Å². The van der Waals surface area contributed by atoms with E-state index in [1.165, 1.54) is 34.1 Å². The number of aromatic nitrogens is 3. The molecule has 0 saturated heterocycles. The van der Waals surface area contributed by atoms with Crippen LogP contribution in [0, 0.1) is 0 Å². The van der Waals surface area contributed by atoms with Gasteiger partial charge in [0.25, 0.3) is 17.4 Å². The van der Waals surface area contributed by atoms with Crippen molar-refractivity contribution in [1.29, 1.82) is 0 Å². The van der Waals surface area contributed by atoms with Gasteiger partial charge in [0.2, 0.25) is 4.96 Å². The van der Waals surface area contributed by atoms with Crippen LogP contribution in [-0.4, -0.2) is 43.8 Å². The number of fused-ring (bicyclic) bond motifs is 2. The quantitative estimate of drug-likeness (QED) is 0.445. The average Bonchev–Trinajstić information content (AvgIpc) is 3.22. The molecule has 0 N–H and O–H groups in total. The van der Waals surface area contributed by atoms with Gasteiger partial charge >= 0.3 is 5.97 Å². The van der Waals surface area contributed by atoms with Crippen molar-refractivity contribution in [1.82, 2.24) is 19.5 Å². The van der Waals surface area contributed by atoms with Gasteiger partial charge in [-0.25, -0.2) is 4.98 Å². The van der Waals surface area contributed by atoms with E-state index in [9.17, 15) is 19.2 Å². The molecule has 29 heavy (non-hydrogen) atoms. The Hall–Kier alpha value is -3.40. The van der Waals surface area contributed by atoms with Crippen LogP contribution in [0.2, 0.25) is 0 Å². The van der Waals surface area contributed by atoms with Crippen LogP contribution in [0.25, 0.3) is 4.96 Å². The second kappa shape index (κ2) is 7.55. The Bertz CT molecular complexity index is 1160. The number of nitrogens with zero attached hydrogens (tertiary/aromatic N) is 4. The Morgan fingerprint density at radius 1 is 1.14 bits per heavy atom. The molecular formula is C19H16N4O5S. The first kappa shape index (κ1) is 18.9. The van der Waals surface area contributed by atoms with E-state index in [-0.39, 0.29) is 29.0 Å². The van der Waals surface area contributed by atoms with E-state index in [1.54, 1.807) is 12.1 Å². The summed E-state index contributed by atoms with van der Waals surface area (Å²) in [5.41, 5.74) is 0.439. The molecule has 10 heteroatoms. The SMILES string of the molecule is CCCc1nn2c(=O)cc(COC(=O)CN3C(=O)c4ccccc4C3=O)nc2s1. The fourth-order valence-corrected chi connectivity index (χ4v) is 4.02. The molecule has 1 aliphatic heterocycles. The molecule has 2 amide bonds. The van der Waals surface area contributed by atoms with E-state index in [0.29, 0.717) is 4.96 Å². The molecule has 1 aliphatic rings. The number of imide groups is 1. The van der Waals surface area contributed by atoms with Crippen LogP contribution in [0.4, 0.5) is 0 Å². The standard InChI is InChI=1S/C19H16N4O5S/c1-2-5-14-21-23-15(24)8-11(20-19(23)29-14)10-28-16(25)9-22-17(26)12-6-3-4-7-13(12)18(22)27/h3-4,6-8H,2,5,9-10H2,1H3. The van der Waals surface area contributed by atoms with Crippen molar-refractivity contribution < 1.29 is 19.1 Å². The lowest BCUT2D eigenvalue weighted by atomic mass is 10.1. The summed E-state index contributed by atoms with van der Waals surface area (Å²) < 4.78 is 6.35. The van der Waals surface area contributed by atoms with Gasteiger partial charge in [-0.1, -0.05) is 30.4 Å². The van der Waals surface area contributed by atoms with Crippen molar-refractivity contribution in [2.75, 3.05) is 6.54 Å². The highest BCUT2D eigenvalue weighted by molar-refractivity contribution is 7.16. The Morgan fingerprint density at radius 3 is 2.48 bits per heavy atom. The minimum absolute atomic E-state index is 0.241. The second-order valence-corrected chi connectivity index (χ2v) is 7.47. The molecule has 3 heterocycles. The van der Waals surface area contributed by atoms with Crippen LogP contribution in [0.3, 0.4) is 0 Å². The van der Waals surface area contributed by atoms with Crippen molar-refractivity contribution in [3.8, 4) is 0 Å². The van der Waals surface area contributed by atoms with Crippen molar-refractivity contribution >= 4 is 34.1 Å². The fourth-order valence-electron chi connectivity index (χ4n) is 3.00. The van der Waals surface area contributed by atoms with Crippen LogP contribution in [0.1, 0.15) is 44.8 Å². The summed E-state index contributed by atoms with van der Waals surface area (Å²) in [6.07, 6.45) is 1.65. The summed E-state index contributed by atoms with van der Waals surface area (Å²) in [4.78, 5) is 54.5. The smallest absolute Gasteiger partial charge is 0.326 e. The zero-order valence-electron chi connectivity index (χ0n) is 15.5. The molecule has 0 spiro atoms. The summed E-state index contributed by atoms with van der Waals surface area (Å²) in [5.74, 6) is -1.83. The zero-order valence-corrected chi connectivity index (χ0v) is 16.3. The van der Waals surface area contributed by atoms with Crippen LogP contribution in [-0.2, 0) is 22.6 Å². The van der Waals surface area contributed by atoms with Gasteiger partial charge in [0.15, 0.2) is 0 Å². The van der Waals surface area contributed by atoms with Crippen molar-refractivity contribution in [3.05, 3.63) is 62.5 Å². The first-order chi connectivity index (χ1) is 14.0. The van der Waals surface area contributed by atoms with Crippen LogP contribution >= 0.6 is 11.3 Å². The van der Waals surface area contributed by atoms with E-state index >= 15 is 0 Å². The summed E-state index contributed by atoms with van der Waals surface area (Å²) in [7, 11) is 0. The van der Waals surface area contributed by atoms with Gasteiger partial charge in [0.1, 0.15) is 18.2 Å². The van der Waals surface area contributed by atoms with Gasteiger partial charge in [-0.3, -0.25) is 24.1 Å². The molecule has 2 aromatic heterocycles. The summed E-state index contributed by atoms with van der Waals surface area (Å²) in [6.45, 7) is 1.27. The number of benzene rings is 1. The number of esters is 1. The Kier molecular flexibility index (Phi) is 4.93. The van der Waals surface area contributed by atoms with Gasteiger partial charge in [-0.05, 0) is 18.6 Å². The number of hydrogen-bond donors (Lipinski definition) is 0. The molecule has 0 bridgehead atoms. The van der Waals surface area contributed by atoms with Gasteiger partial charge in [0.05, 0.1) is 16.8 Å². The number of aryl methyl sites for hydroxylation is 1. The Balaban J connectivity index is 1.43. The summed E-state index contributed by atoms with van der Waals surface area (Å²) >= 11 is 1.31. The van der Waals surface area contributed by atoms with Gasteiger partial charge in [-0.2, -0.15) is 9.61 Å². The predicted octanol–water partition coefficient (Wildman–Crippen LogP) is 1.44. The number of ether oxygens (including phenoxy) is 1. The molecular weight excluding hydrogens is 396 g/mol. The van der Waals surface area contributed by atoms with E-state index in [4.69, 9.17) is 4.74 Å². The first-order valence-corrected chi connectivity index (χ1v) is 9.79. The number of amides is 2.